The zero-order valence-electron chi connectivity index (χ0n) is 12.0. The van der Waals surface area contributed by atoms with Crippen LogP contribution in [0.25, 0.3) is 0 Å². The van der Waals surface area contributed by atoms with Gasteiger partial charge in [-0.15, -0.1) is 0 Å². The highest BCUT2D eigenvalue weighted by molar-refractivity contribution is 5.44. The van der Waals surface area contributed by atoms with Crippen LogP contribution >= 0.6 is 0 Å². The lowest BCUT2D eigenvalue weighted by atomic mass is 10.1. The minimum atomic E-state index is 0.132. The summed E-state index contributed by atoms with van der Waals surface area (Å²) in [4.78, 5) is 0. The predicted molar refractivity (Wildman–Crippen MR) is 75.2 cm³/mol. The van der Waals surface area contributed by atoms with Gasteiger partial charge in [-0.2, -0.15) is 0 Å². The van der Waals surface area contributed by atoms with Crippen molar-refractivity contribution >= 4 is 0 Å². The predicted octanol–water partition coefficient (Wildman–Crippen LogP) is 2.74. The van der Waals surface area contributed by atoms with Gasteiger partial charge >= 0.3 is 0 Å². The van der Waals surface area contributed by atoms with Gasteiger partial charge in [0.1, 0.15) is 5.75 Å². The highest BCUT2D eigenvalue weighted by Crippen LogP contribution is 2.25. The molecule has 0 radical (unpaired) electrons. The third-order valence-corrected chi connectivity index (χ3v) is 3.14. The van der Waals surface area contributed by atoms with Crippen molar-refractivity contribution in [2.75, 3.05) is 19.8 Å². The Bertz CT molecular complexity index is 377. The zero-order valence-corrected chi connectivity index (χ0v) is 12.0. The number of nitrogens with two attached hydrogens (primary N) is 1. The summed E-state index contributed by atoms with van der Waals surface area (Å²) in [6, 6.07) is 4.23. The summed E-state index contributed by atoms with van der Waals surface area (Å²) in [5.74, 6) is 1.02. The second-order valence-corrected chi connectivity index (χ2v) is 4.77. The lowest BCUT2D eigenvalue weighted by Gasteiger charge is -2.15. The minimum absolute atomic E-state index is 0.132. The smallest absolute Gasteiger partial charge is 0.125 e. The molecule has 0 bridgehead atoms. The van der Waals surface area contributed by atoms with E-state index in [0.717, 1.165) is 12.2 Å². The van der Waals surface area contributed by atoms with Gasteiger partial charge in [-0.3, -0.25) is 0 Å². The van der Waals surface area contributed by atoms with E-state index in [4.69, 9.17) is 15.2 Å². The number of rotatable bonds is 7. The van der Waals surface area contributed by atoms with Gasteiger partial charge in [0.05, 0.1) is 19.3 Å². The molecule has 3 heteroatoms. The summed E-state index contributed by atoms with van der Waals surface area (Å²) in [6.07, 6.45) is 1.02. The summed E-state index contributed by atoms with van der Waals surface area (Å²) >= 11 is 0. The third-order valence-electron chi connectivity index (χ3n) is 3.14. The third kappa shape index (κ3) is 4.31. The SMILES string of the molecule is Cc1ccc(C)c(OCCCOC(C)CN)c1C. The molecule has 0 spiro atoms. The molecule has 0 aliphatic rings. The monoisotopic (exact) mass is 251 g/mol. The summed E-state index contributed by atoms with van der Waals surface area (Å²) in [7, 11) is 0. The van der Waals surface area contributed by atoms with Crippen molar-refractivity contribution in [2.45, 2.75) is 40.2 Å². The second-order valence-electron chi connectivity index (χ2n) is 4.77. The average molecular weight is 251 g/mol. The molecule has 0 heterocycles. The molecule has 18 heavy (non-hydrogen) atoms. The Morgan fingerprint density at radius 2 is 1.78 bits per heavy atom. The average Bonchev–Trinajstić information content (AvgIpc) is 2.37. The first kappa shape index (κ1) is 15.0. The van der Waals surface area contributed by atoms with Gasteiger partial charge in [0.2, 0.25) is 0 Å². The number of hydrogen-bond donors (Lipinski definition) is 1. The van der Waals surface area contributed by atoms with Crippen molar-refractivity contribution in [3.63, 3.8) is 0 Å². The molecule has 1 aromatic carbocycles. The Morgan fingerprint density at radius 3 is 2.44 bits per heavy atom. The van der Waals surface area contributed by atoms with Crippen molar-refractivity contribution in [3.05, 3.63) is 28.8 Å². The summed E-state index contributed by atoms with van der Waals surface area (Å²) in [5.41, 5.74) is 9.16. The van der Waals surface area contributed by atoms with Crippen molar-refractivity contribution in [1.82, 2.24) is 0 Å². The Morgan fingerprint density at radius 1 is 1.11 bits per heavy atom. The van der Waals surface area contributed by atoms with Crippen molar-refractivity contribution in [3.8, 4) is 5.75 Å². The molecular formula is C15H25NO2. The first-order chi connectivity index (χ1) is 8.56. The van der Waals surface area contributed by atoms with Crippen LogP contribution < -0.4 is 10.5 Å². The van der Waals surface area contributed by atoms with Crippen LogP contribution in [0.5, 0.6) is 5.75 Å². The minimum Gasteiger partial charge on any atom is -0.493 e. The van der Waals surface area contributed by atoms with E-state index >= 15 is 0 Å². The van der Waals surface area contributed by atoms with Crippen LogP contribution in [0.2, 0.25) is 0 Å². The number of aryl methyl sites for hydroxylation is 2. The van der Waals surface area contributed by atoms with Gasteiger partial charge in [-0.25, -0.2) is 0 Å². The van der Waals surface area contributed by atoms with E-state index in [9.17, 15) is 0 Å². The maximum atomic E-state index is 5.85. The van der Waals surface area contributed by atoms with Gasteiger partial charge in [-0.05, 0) is 44.4 Å². The van der Waals surface area contributed by atoms with E-state index in [1.807, 2.05) is 6.92 Å². The normalized spacial score (nSPS) is 12.5. The number of benzene rings is 1. The first-order valence-corrected chi connectivity index (χ1v) is 6.57. The van der Waals surface area contributed by atoms with Crippen LogP contribution in [0.3, 0.4) is 0 Å². The largest absolute Gasteiger partial charge is 0.493 e. The summed E-state index contributed by atoms with van der Waals surface area (Å²) < 4.78 is 11.4. The van der Waals surface area contributed by atoms with Gasteiger partial charge in [0.15, 0.2) is 0 Å². The zero-order chi connectivity index (χ0) is 13.5. The standard InChI is InChI=1S/C15H25NO2/c1-11-6-7-12(2)15(14(11)4)18-9-5-8-17-13(3)10-16/h6-7,13H,5,8-10,16H2,1-4H3. The molecule has 102 valence electrons. The van der Waals surface area contributed by atoms with Crippen LogP contribution in [0.4, 0.5) is 0 Å². The van der Waals surface area contributed by atoms with Crippen molar-refractivity contribution in [1.29, 1.82) is 0 Å². The number of hydrogen-bond acceptors (Lipinski definition) is 3. The van der Waals surface area contributed by atoms with Crippen LogP contribution in [-0.2, 0) is 4.74 Å². The van der Waals surface area contributed by atoms with E-state index in [-0.39, 0.29) is 6.10 Å². The Labute approximate surface area is 110 Å². The fraction of sp³-hybridized carbons (Fsp3) is 0.600. The Balaban J connectivity index is 2.38. The molecule has 0 saturated carbocycles. The molecule has 3 nitrogen and oxygen atoms in total. The highest BCUT2D eigenvalue weighted by Gasteiger charge is 2.06. The Hall–Kier alpha value is -1.06. The van der Waals surface area contributed by atoms with Crippen LogP contribution in [0, 0.1) is 20.8 Å². The van der Waals surface area contributed by atoms with Gasteiger partial charge in [-0.1, -0.05) is 12.1 Å². The molecule has 0 fully saturated rings. The molecule has 1 rings (SSSR count). The van der Waals surface area contributed by atoms with Crippen LogP contribution in [0.1, 0.15) is 30.0 Å². The lowest BCUT2D eigenvalue weighted by Crippen LogP contribution is -2.21. The molecular weight excluding hydrogens is 226 g/mol. The Kier molecular flexibility index (Phi) is 6.16. The molecule has 2 N–H and O–H groups in total. The van der Waals surface area contributed by atoms with Gasteiger partial charge in [0.25, 0.3) is 0 Å². The van der Waals surface area contributed by atoms with Crippen LogP contribution in [0.15, 0.2) is 12.1 Å². The summed E-state index contributed by atoms with van der Waals surface area (Å²) in [6.45, 7) is 10.2. The highest BCUT2D eigenvalue weighted by atomic mass is 16.5. The summed E-state index contributed by atoms with van der Waals surface area (Å²) in [5, 5.41) is 0. The molecule has 1 unspecified atom stereocenters. The molecule has 1 aromatic rings. The van der Waals surface area contributed by atoms with Gasteiger partial charge < -0.3 is 15.2 Å². The molecule has 0 aliphatic carbocycles. The second kappa shape index (κ2) is 7.39. The lowest BCUT2D eigenvalue weighted by molar-refractivity contribution is 0.0630. The molecule has 0 aliphatic heterocycles. The van der Waals surface area contributed by atoms with E-state index in [2.05, 4.69) is 32.9 Å². The quantitative estimate of drug-likeness (QED) is 0.758. The van der Waals surface area contributed by atoms with E-state index < -0.39 is 0 Å². The van der Waals surface area contributed by atoms with E-state index in [0.29, 0.717) is 19.8 Å². The van der Waals surface area contributed by atoms with Gasteiger partial charge in [0, 0.05) is 13.0 Å². The first-order valence-electron chi connectivity index (χ1n) is 6.57. The molecule has 0 saturated heterocycles. The molecule has 1 atom stereocenters. The molecule has 0 aromatic heterocycles. The van der Waals surface area contributed by atoms with E-state index in [1.165, 1.54) is 16.7 Å². The molecule has 0 amide bonds. The fourth-order valence-corrected chi connectivity index (χ4v) is 1.73. The number of ether oxygens (including phenoxy) is 2. The van der Waals surface area contributed by atoms with Crippen molar-refractivity contribution in [2.24, 2.45) is 5.73 Å². The topological polar surface area (TPSA) is 44.5 Å². The van der Waals surface area contributed by atoms with Crippen LogP contribution in [-0.4, -0.2) is 25.9 Å². The van der Waals surface area contributed by atoms with Crippen molar-refractivity contribution < 1.29 is 9.47 Å². The van der Waals surface area contributed by atoms with E-state index in [1.54, 1.807) is 0 Å². The maximum absolute atomic E-state index is 5.85. The fourth-order valence-electron chi connectivity index (χ4n) is 1.73. The maximum Gasteiger partial charge on any atom is 0.125 e.